The Hall–Kier alpha value is -4.30. The van der Waals surface area contributed by atoms with Crippen LogP contribution in [0.2, 0.25) is 0 Å². The van der Waals surface area contributed by atoms with Gasteiger partial charge in [0.2, 0.25) is 5.96 Å². The predicted octanol–water partition coefficient (Wildman–Crippen LogP) is 6.84. The number of carbonyl (C=O) groups is 1. The Morgan fingerprint density at radius 1 is 1.07 bits per heavy atom. The first-order valence-corrected chi connectivity index (χ1v) is 13.8. The summed E-state index contributed by atoms with van der Waals surface area (Å²) in [5, 5.41) is 0. The topological polar surface area (TPSA) is 96.7 Å². The Morgan fingerprint density at radius 3 is 2.39 bits per heavy atom. The molecule has 8 heteroatoms. The van der Waals surface area contributed by atoms with Crippen molar-refractivity contribution in [3.63, 3.8) is 0 Å². The summed E-state index contributed by atoms with van der Waals surface area (Å²) in [6.07, 6.45) is 9.16. The molecule has 0 unspecified atom stereocenters. The molecule has 1 amide bonds. The summed E-state index contributed by atoms with van der Waals surface area (Å²) in [4.78, 5) is 19.3. The van der Waals surface area contributed by atoms with Crippen LogP contribution in [0.5, 0.6) is 0 Å². The number of benzene rings is 3. The van der Waals surface area contributed by atoms with E-state index in [1.165, 1.54) is 55.9 Å². The average molecular weight is 558 g/mol. The summed E-state index contributed by atoms with van der Waals surface area (Å²) in [5.41, 5.74) is 12.5. The first-order chi connectivity index (χ1) is 19.6. The monoisotopic (exact) mass is 557 g/mol. The molecule has 1 saturated carbocycles. The fraction of sp³-hybridized carbons (Fsp3) is 0.273. The van der Waals surface area contributed by atoms with Gasteiger partial charge in [0.1, 0.15) is 0 Å². The summed E-state index contributed by atoms with van der Waals surface area (Å²) in [6, 6.07) is 21.7. The number of aliphatic imine (C=N–C) groups is 1. The molecule has 6 nitrogen and oxygen atoms in total. The van der Waals surface area contributed by atoms with E-state index in [0.717, 1.165) is 23.7 Å². The van der Waals surface area contributed by atoms with Crippen molar-refractivity contribution in [2.45, 2.75) is 57.4 Å². The number of hydrogen-bond donors (Lipinski definition) is 3. The fourth-order valence-electron chi connectivity index (χ4n) is 5.06. The highest BCUT2D eigenvalue weighted by molar-refractivity contribution is 6.03. The average Bonchev–Trinajstić information content (AvgIpc) is 2.99. The van der Waals surface area contributed by atoms with Crippen LogP contribution in [-0.4, -0.2) is 11.9 Å². The van der Waals surface area contributed by atoms with Crippen molar-refractivity contribution in [3.8, 4) is 0 Å². The Morgan fingerprint density at radius 2 is 1.76 bits per heavy atom. The number of amides is 1. The summed E-state index contributed by atoms with van der Waals surface area (Å²) in [6.45, 7) is 5.08. The number of guanidine groups is 1. The molecule has 0 spiro atoms. The highest BCUT2D eigenvalue weighted by Crippen LogP contribution is 2.34. The molecule has 3 aromatic carbocycles. The zero-order valence-electron chi connectivity index (χ0n) is 23.3. The van der Waals surface area contributed by atoms with E-state index in [0.29, 0.717) is 23.7 Å². The quantitative estimate of drug-likeness (QED) is 0.0882. The van der Waals surface area contributed by atoms with Crippen LogP contribution in [0.1, 0.15) is 72.8 Å². The zero-order valence-corrected chi connectivity index (χ0v) is 23.3. The largest absolute Gasteiger partial charge is 0.369 e. The zero-order chi connectivity index (χ0) is 29.4. The molecule has 1 fully saturated rings. The first kappa shape index (κ1) is 29.7. The number of nitrogens with one attached hydrogen (secondary N) is 1. The number of rotatable bonds is 9. The molecule has 0 saturated heterocycles. The van der Waals surface area contributed by atoms with Crippen LogP contribution in [0.4, 0.5) is 14.5 Å². The summed E-state index contributed by atoms with van der Waals surface area (Å²) < 4.78 is 27.6. The Balaban J connectivity index is 1.59. The lowest BCUT2D eigenvalue weighted by Crippen LogP contribution is -2.36. The van der Waals surface area contributed by atoms with E-state index in [2.05, 4.69) is 29.1 Å². The number of nitrogens with zero attached hydrogens (tertiary/aromatic N) is 2. The van der Waals surface area contributed by atoms with Crippen molar-refractivity contribution in [2.75, 3.05) is 4.90 Å². The molecule has 41 heavy (non-hydrogen) atoms. The van der Waals surface area contributed by atoms with Gasteiger partial charge in [-0.25, -0.2) is 19.6 Å². The Bertz CT molecular complexity index is 1400. The molecule has 1 aliphatic rings. The van der Waals surface area contributed by atoms with Gasteiger partial charge in [-0.2, -0.15) is 0 Å². The minimum Gasteiger partial charge on any atom is -0.369 e. The number of nitrogens with two attached hydrogens (primary N) is 2. The fourth-order valence-corrected chi connectivity index (χ4v) is 5.06. The van der Waals surface area contributed by atoms with E-state index < -0.39 is 5.92 Å². The van der Waals surface area contributed by atoms with Crippen molar-refractivity contribution < 1.29 is 13.6 Å². The van der Waals surface area contributed by atoms with Crippen LogP contribution < -0.4 is 21.9 Å². The third-order valence-electron chi connectivity index (χ3n) is 7.39. The van der Waals surface area contributed by atoms with E-state index in [1.807, 2.05) is 36.4 Å². The third kappa shape index (κ3) is 8.11. The third-order valence-corrected chi connectivity index (χ3v) is 7.39. The van der Waals surface area contributed by atoms with Gasteiger partial charge in [-0.15, -0.1) is 0 Å². The SMILES string of the molecule is C=C(N=C(N)NN)c1ccc(CN(C(=O)/C=C/c2cccc(C(C)(F)F)c2)c2ccc(C3CCCCC3)cc2)cc1. The molecule has 4 rings (SSSR count). The molecule has 0 bridgehead atoms. The lowest BCUT2D eigenvalue weighted by molar-refractivity contribution is -0.114. The Labute approximate surface area is 240 Å². The second-order valence-corrected chi connectivity index (χ2v) is 10.5. The van der Waals surface area contributed by atoms with Gasteiger partial charge in [0, 0.05) is 24.3 Å². The molecule has 0 atom stereocenters. The lowest BCUT2D eigenvalue weighted by atomic mass is 9.84. The molecule has 0 radical (unpaired) electrons. The predicted molar refractivity (Wildman–Crippen MR) is 163 cm³/mol. The Kier molecular flexibility index (Phi) is 9.68. The maximum atomic E-state index is 13.8. The second kappa shape index (κ2) is 13.4. The number of hydrogen-bond acceptors (Lipinski definition) is 3. The van der Waals surface area contributed by atoms with E-state index in [-0.39, 0.29) is 17.4 Å². The van der Waals surface area contributed by atoms with Gasteiger partial charge in [-0.1, -0.05) is 80.4 Å². The van der Waals surface area contributed by atoms with Crippen molar-refractivity contribution in [2.24, 2.45) is 16.6 Å². The molecule has 1 aliphatic carbocycles. The van der Waals surface area contributed by atoms with Crippen LogP contribution in [0.15, 0.2) is 90.4 Å². The van der Waals surface area contributed by atoms with Crippen molar-refractivity contribution in [1.82, 2.24) is 5.43 Å². The smallest absolute Gasteiger partial charge is 0.270 e. The molecule has 0 aliphatic heterocycles. The van der Waals surface area contributed by atoms with Gasteiger partial charge < -0.3 is 10.6 Å². The van der Waals surface area contributed by atoms with Gasteiger partial charge >= 0.3 is 0 Å². The maximum Gasteiger partial charge on any atom is 0.270 e. The highest BCUT2D eigenvalue weighted by atomic mass is 19.3. The first-order valence-electron chi connectivity index (χ1n) is 13.8. The standard InChI is InChI=1S/C33H37F2N5O/c1-23(38-32(36)39-37)26-14-11-25(12-15-26)22-40(30-18-16-28(17-19-30)27-8-4-3-5-9-27)31(41)20-13-24-7-6-10-29(21-24)33(2,34)35/h6-7,10-21,27H,1,3-5,8-9,22,37H2,2H3,(H3,36,38,39)/b20-13+. The van der Waals surface area contributed by atoms with Crippen LogP contribution in [0, 0.1) is 0 Å². The van der Waals surface area contributed by atoms with Crippen LogP contribution >= 0.6 is 0 Å². The van der Waals surface area contributed by atoms with E-state index in [9.17, 15) is 13.6 Å². The maximum absolute atomic E-state index is 13.8. The number of hydrazine groups is 1. The number of alkyl halides is 2. The van der Waals surface area contributed by atoms with E-state index in [1.54, 1.807) is 23.1 Å². The second-order valence-electron chi connectivity index (χ2n) is 10.5. The van der Waals surface area contributed by atoms with Crippen molar-refractivity contribution in [3.05, 3.63) is 113 Å². The molecular weight excluding hydrogens is 520 g/mol. The van der Waals surface area contributed by atoms with Crippen molar-refractivity contribution in [1.29, 1.82) is 0 Å². The minimum atomic E-state index is -2.96. The summed E-state index contributed by atoms with van der Waals surface area (Å²) >= 11 is 0. The van der Waals surface area contributed by atoms with E-state index >= 15 is 0 Å². The van der Waals surface area contributed by atoms with Crippen LogP contribution in [-0.2, 0) is 17.3 Å². The number of anilines is 1. The molecule has 3 aromatic rings. The molecule has 5 N–H and O–H groups in total. The van der Waals surface area contributed by atoms with Crippen molar-refractivity contribution >= 4 is 29.3 Å². The normalized spacial score (nSPS) is 14.7. The van der Waals surface area contributed by atoms with Gasteiger partial charge in [0.05, 0.1) is 12.2 Å². The van der Waals surface area contributed by atoms with Gasteiger partial charge in [0.15, 0.2) is 0 Å². The lowest BCUT2D eigenvalue weighted by Gasteiger charge is -2.25. The molecule has 0 heterocycles. The van der Waals surface area contributed by atoms with Gasteiger partial charge in [0.25, 0.3) is 11.8 Å². The number of halogens is 2. The van der Waals surface area contributed by atoms with Crippen LogP contribution in [0.25, 0.3) is 11.8 Å². The number of carbonyl (C=O) groups excluding carboxylic acids is 1. The highest BCUT2D eigenvalue weighted by Gasteiger charge is 2.24. The van der Waals surface area contributed by atoms with Gasteiger partial charge in [-0.3, -0.25) is 10.2 Å². The van der Waals surface area contributed by atoms with Crippen LogP contribution in [0.3, 0.4) is 0 Å². The molecular formula is C33H37F2N5O. The summed E-state index contributed by atoms with van der Waals surface area (Å²) in [5.74, 6) is 2.66. The van der Waals surface area contributed by atoms with E-state index in [4.69, 9.17) is 11.6 Å². The van der Waals surface area contributed by atoms with Gasteiger partial charge in [-0.05, 0) is 65.3 Å². The summed E-state index contributed by atoms with van der Waals surface area (Å²) in [7, 11) is 0. The molecule has 214 valence electrons. The minimum absolute atomic E-state index is 0.0486. The molecule has 0 aromatic heterocycles.